The van der Waals surface area contributed by atoms with Gasteiger partial charge in [-0.2, -0.15) is 28.1 Å². The van der Waals surface area contributed by atoms with Gasteiger partial charge in [-0.1, -0.05) is 24.3 Å². The molecule has 4 rings (SSSR count). The molecule has 0 saturated carbocycles. The van der Waals surface area contributed by atoms with E-state index in [0.29, 0.717) is 32.3 Å². The van der Waals surface area contributed by atoms with Crippen molar-refractivity contribution in [3.63, 3.8) is 0 Å². The third-order valence-electron chi connectivity index (χ3n) is 4.39. The fraction of sp³-hybridized carbons (Fsp3) is 0.250. The summed E-state index contributed by atoms with van der Waals surface area (Å²) in [5, 5.41) is 5.97. The number of rotatable bonds is 5. The molecular weight excluding hydrogens is 397 g/mol. The summed E-state index contributed by atoms with van der Waals surface area (Å²) in [6.45, 7) is 2.31. The molecule has 7 nitrogen and oxygen atoms in total. The topological polar surface area (TPSA) is 75.2 Å². The van der Waals surface area contributed by atoms with E-state index in [9.17, 15) is 13.2 Å². The molecule has 0 amide bonds. The number of alkyl halides is 3. The van der Waals surface area contributed by atoms with Crippen LogP contribution in [0.4, 0.5) is 42.4 Å². The molecule has 1 fully saturated rings. The van der Waals surface area contributed by atoms with E-state index in [4.69, 9.17) is 4.74 Å². The monoisotopic (exact) mass is 416 g/mol. The molecule has 0 atom stereocenters. The number of hydrogen-bond acceptors (Lipinski definition) is 7. The molecule has 2 aromatic carbocycles. The van der Waals surface area contributed by atoms with Gasteiger partial charge in [-0.05, 0) is 30.3 Å². The Morgan fingerprint density at radius 3 is 2.10 bits per heavy atom. The highest BCUT2D eigenvalue weighted by Gasteiger charge is 2.30. The van der Waals surface area contributed by atoms with Gasteiger partial charge in [-0.25, -0.2) is 0 Å². The Balaban J connectivity index is 1.65. The number of para-hydroxylation sites is 1. The summed E-state index contributed by atoms with van der Waals surface area (Å²) in [6.07, 6.45) is -4.43. The second-order valence-corrected chi connectivity index (χ2v) is 6.58. The van der Waals surface area contributed by atoms with E-state index >= 15 is 0 Å². The number of anilines is 5. The average Bonchev–Trinajstić information content (AvgIpc) is 2.74. The lowest BCUT2D eigenvalue weighted by Gasteiger charge is -2.27. The first-order valence-electron chi connectivity index (χ1n) is 9.32. The number of benzene rings is 2. The van der Waals surface area contributed by atoms with Crippen LogP contribution in [0.5, 0.6) is 0 Å². The molecule has 156 valence electrons. The van der Waals surface area contributed by atoms with Crippen LogP contribution in [0.3, 0.4) is 0 Å². The molecule has 1 saturated heterocycles. The Hall–Kier alpha value is -3.40. The van der Waals surface area contributed by atoms with Gasteiger partial charge in [0.25, 0.3) is 0 Å². The standard InChI is InChI=1S/C20H19F3N6O/c21-20(22,23)14-5-4-8-16(13-14)25-18-26-17(24-15-6-2-1-3-7-15)27-19(28-18)29-9-11-30-12-10-29/h1-8,13H,9-12H2,(H2,24,25,26,27,28). The van der Waals surface area contributed by atoms with Crippen molar-refractivity contribution in [3.8, 4) is 0 Å². The highest BCUT2D eigenvalue weighted by molar-refractivity contribution is 5.60. The number of nitrogens with zero attached hydrogens (tertiary/aromatic N) is 4. The lowest BCUT2D eigenvalue weighted by atomic mass is 10.2. The molecule has 0 unspecified atom stereocenters. The van der Waals surface area contributed by atoms with E-state index in [0.717, 1.165) is 17.8 Å². The second kappa shape index (κ2) is 8.54. The first-order valence-corrected chi connectivity index (χ1v) is 9.32. The third kappa shape index (κ3) is 4.95. The summed E-state index contributed by atoms with van der Waals surface area (Å²) in [7, 11) is 0. The molecule has 0 aliphatic carbocycles. The van der Waals surface area contributed by atoms with Crippen LogP contribution in [-0.2, 0) is 10.9 Å². The molecule has 3 aromatic rings. The summed E-state index contributed by atoms with van der Waals surface area (Å²) >= 11 is 0. The Kier molecular flexibility index (Phi) is 5.66. The number of nitrogens with one attached hydrogen (secondary N) is 2. The highest BCUT2D eigenvalue weighted by atomic mass is 19.4. The van der Waals surface area contributed by atoms with Crippen LogP contribution in [0.1, 0.15) is 5.56 Å². The van der Waals surface area contributed by atoms with Crippen molar-refractivity contribution >= 4 is 29.2 Å². The van der Waals surface area contributed by atoms with Crippen LogP contribution in [0, 0.1) is 0 Å². The second-order valence-electron chi connectivity index (χ2n) is 6.58. The summed E-state index contributed by atoms with van der Waals surface area (Å²) in [5.74, 6) is 0.845. The summed E-state index contributed by atoms with van der Waals surface area (Å²) in [4.78, 5) is 15.1. The van der Waals surface area contributed by atoms with E-state index in [1.54, 1.807) is 0 Å². The molecule has 0 spiro atoms. The van der Waals surface area contributed by atoms with Crippen LogP contribution in [0.25, 0.3) is 0 Å². The Morgan fingerprint density at radius 1 is 0.800 bits per heavy atom. The van der Waals surface area contributed by atoms with Crippen molar-refractivity contribution in [1.29, 1.82) is 0 Å². The van der Waals surface area contributed by atoms with Gasteiger partial charge in [-0.15, -0.1) is 0 Å². The molecule has 1 aliphatic heterocycles. The maximum atomic E-state index is 13.0. The molecule has 10 heteroatoms. The van der Waals surface area contributed by atoms with Gasteiger partial charge < -0.3 is 20.3 Å². The molecule has 1 aliphatic rings. The number of hydrogen-bond donors (Lipinski definition) is 2. The smallest absolute Gasteiger partial charge is 0.378 e. The zero-order chi connectivity index (χ0) is 21.0. The van der Waals surface area contributed by atoms with Crippen molar-refractivity contribution in [2.24, 2.45) is 0 Å². The molecule has 0 bridgehead atoms. The minimum atomic E-state index is -4.43. The maximum Gasteiger partial charge on any atom is 0.416 e. The third-order valence-corrected chi connectivity index (χ3v) is 4.39. The highest BCUT2D eigenvalue weighted by Crippen LogP contribution is 2.31. The lowest BCUT2D eigenvalue weighted by Crippen LogP contribution is -2.37. The Morgan fingerprint density at radius 2 is 1.43 bits per heavy atom. The van der Waals surface area contributed by atoms with Crippen LogP contribution < -0.4 is 15.5 Å². The van der Waals surface area contributed by atoms with Crippen molar-refractivity contribution in [2.75, 3.05) is 41.8 Å². The molecule has 1 aromatic heterocycles. The predicted octanol–water partition coefficient (Wildman–Crippen LogP) is 4.21. The van der Waals surface area contributed by atoms with Gasteiger partial charge in [0.15, 0.2) is 0 Å². The van der Waals surface area contributed by atoms with Crippen molar-refractivity contribution in [1.82, 2.24) is 15.0 Å². The van der Waals surface area contributed by atoms with E-state index in [1.165, 1.54) is 12.1 Å². The Labute approximate surface area is 170 Å². The molecule has 2 N–H and O–H groups in total. The van der Waals surface area contributed by atoms with Crippen LogP contribution in [-0.4, -0.2) is 41.3 Å². The molecule has 0 radical (unpaired) electrons. The maximum absolute atomic E-state index is 13.0. The van der Waals surface area contributed by atoms with Gasteiger partial charge in [-0.3, -0.25) is 0 Å². The quantitative estimate of drug-likeness (QED) is 0.645. The van der Waals surface area contributed by atoms with E-state index in [2.05, 4.69) is 25.6 Å². The van der Waals surface area contributed by atoms with Crippen molar-refractivity contribution in [3.05, 3.63) is 60.2 Å². The number of halogens is 3. The van der Waals surface area contributed by atoms with Crippen molar-refractivity contribution < 1.29 is 17.9 Å². The normalized spacial score (nSPS) is 14.4. The first kappa shape index (κ1) is 19.9. The van der Waals surface area contributed by atoms with Gasteiger partial charge in [0.05, 0.1) is 18.8 Å². The van der Waals surface area contributed by atoms with E-state index in [-0.39, 0.29) is 17.6 Å². The predicted molar refractivity (Wildman–Crippen MR) is 107 cm³/mol. The van der Waals surface area contributed by atoms with Gasteiger partial charge in [0.1, 0.15) is 0 Å². The molecule has 2 heterocycles. The zero-order valence-electron chi connectivity index (χ0n) is 15.9. The fourth-order valence-electron chi connectivity index (χ4n) is 2.93. The summed E-state index contributed by atoms with van der Waals surface area (Å²) in [6, 6.07) is 14.2. The van der Waals surface area contributed by atoms with Crippen LogP contribution >= 0.6 is 0 Å². The van der Waals surface area contributed by atoms with E-state index < -0.39 is 11.7 Å². The van der Waals surface area contributed by atoms with E-state index in [1.807, 2.05) is 35.2 Å². The summed E-state index contributed by atoms with van der Waals surface area (Å²) < 4.78 is 44.4. The largest absolute Gasteiger partial charge is 0.416 e. The minimum Gasteiger partial charge on any atom is -0.378 e. The first-order chi connectivity index (χ1) is 14.5. The van der Waals surface area contributed by atoms with Gasteiger partial charge in [0.2, 0.25) is 17.8 Å². The number of morpholine rings is 1. The minimum absolute atomic E-state index is 0.143. The summed E-state index contributed by atoms with van der Waals surface area (Å²) in [5.41, 5.74) is 0.258. The number of ether oxygens (including phenoxy) is 1. The molecule has 30 heavy (non-hydrogen) atoms. The lowest BCUT2D eigenvalue weighted by molar-refractivity contribution is -0.137. The SMILES string of the molecule is FC(F)(F)c1cccc(Nc2nc(Nc3ccccc3)nc(N3CCOCC3)n2)c1. The van der Waals surface area contributed by atoms with Gasteiger partial charge >= 0.3 is 6.18 Å². The fourth-order valence-corrected chi connectivity index (χ4v) is 2.93. The molecular formula is C20H19F3N6O. The zero-order valence-corrected chi connectivity index (χ0v) is 15.9. The average molecular weight is 416 g/mol. The van der Waals surface area contributed by atoms with Crippen LogP contribution in [0.15, 0.2) is 54.6 Å². The van der Waals surface area contributed by atoms with Crippen molar-refractivity contribution in [2.45, 2.75) is 6.18 Å². The van der Waals surface area contributed by atoms with Gasteiger partial charge in [0, 0.05) is 24.5 Å². The van der Waals surface area contributed by atoms with Crippen LogP contribution in [0.2, 0.25) is 0 Å². The Bertz CT molecular complexity index is 993. The number of aromatic nitrogens is 3.